The normalized spacial score (nSPS) is 27.0. The first-order valence-corrected chi connectivity index (χ1v) is 49.6. The molecule has 48 heteroatoms. The Morgan fingerprint density at radius 1 is 0.532 bits per heavy atom. The lowest BCUT2D eigenvalue weighted by molar-refractivity contribution is -0.152. The molecule has 12 heterocycles. The molecule has 139 heavy (non-hydrogen) atoms. The lowest BCUT2D eigenvalue weighted by Crippen LogP contribution is -2.55. The number of ether oxygens (including phenoxy) is 7. The summed E-state index contributed by atoms with van der Waals surface area (Å²) >= 11 is 12.2. The molecule has 6 N–H and O–H groups in total. The first-order valence-electron chi connectivity index (χ1n) is 46.0. The number of halogens is 9. The Morgan fingerprint density at radius 3 is 1.51 bits per heavy atom. The van der Waals surface area contributed by atoms with E-state index in [0.717, 1.165) is 41.4 Å². The smallest absolute Gasteiger partial charge is 0.411 e. The monoisotopic (exact) mass is 2060 g/mol. The number of phenols is 1. The van der Waals surface area contributed by atoms with E-state index in [2.05, 4.69) is 39.5 Å². The molecular formula is C91H130Cl2F7N13O24S2. The van der Waals surface area contributed by atoms with Crippen molar-refractivity contribution in [3.05, 3.63) is 76.1 Å². The number of β-amino-alcohol motifs (C(OH)–C–C–N with tert-alkyl or cyclic N) is 1. The Labute approximate surface area is 814 Å². The minimum absolute atomic E-state index is 0.0159. The van der Waals surface area contributed by atoms with Gasteiger partial charge in [0.2, 0.25) is 43.7 Å². The van der Waals surface area contributed by atoms with Gasteiger partial charge in [-0.2, -0.15) is 8.61 Å². The number of fused-ring (bicyclic) bond motifs is 5. The van der Waals surface area contributed by atoms with Crippen LogP contribution in [-0.2, 0) is 104 Å². The molecule has 11 aliphatic heterocycles. The number of carbonyl (C=O) groups excluding carboxylic acids is 10. The molecule has 1 aliphatic carbocycles. The molecule has 1 aromatic heterocycles. The number of nitrogen functional groups attached to an aromatic ring is 1. The van der Waals surface area contributed by atoms with Gasteiger partial charge in [-0.25, -0.2) is 76.5 Å². The Kier molecular flexibility index (Phi) is 40.5. The van der Waals surface area contributed by atoms with Crippen LogP contribution in [0.3, 0.4) is 0 Å². The van der Waals surface area contributed by atoms with Crippen LogP contribution < -0.4 is 16.4 Å². The van der Waals surface area contributed by atoms with E-state index in [0.29, 0.717) is 88.8 Å². The number of piperazine rings is 4. The molecular weight excluding hydrogens is 1930 g/mol. The number of carbonyl (C=O) groups is 10. The summed E-state index contributed by atoms with van der Waals surface area (Å²) < 4.78 is 186. The fourth-order valence-electron chi connectivity index (χ4n) is 17.8. The molecule has 12 fully saturated rings. The lowest BCUT2D eigenvalue weighted by Gasteiger charge is -2.36. The van der Waals surface area contributed by atoms with Crippen molar-refractivity contribution >= 4 is 120 Å². The molecule has 16 rings (SSSR count). The summed E-state index contributed by atoms with van der Waals surface area (Å²) in [5.74, 6) is -3.70. The third kappa shape index (κ3) is 31.1. The van der Waals surface area contributed by atoms with Crippen LogP contribution in [-0.4, -0.2) is 377 Å². The van der Waals surface area contributed by atoms with E-state index in [1.165, 1.54) is 65.0 Å². The second kappa shape index (κ2) is 49.6. The summed E-state index contributed by atoms with van der Waals surface area (Å²) in [5.41, 5.74) is 5.35. The maximum Gasteiger partial charge on any atom is 0.411 e. The highest BCUT2D eigenvalue weighted by molar-refractivity contribution is 7.89. The van der Waals surface area contributed by atoms with Gasteiger partial charge in [-0.3, -0.25) is 48.5 Å². The number of sulfonamides is 2. The van der Waals surface area contributed by atoms with Crippen LogP contribution in [0.1, 0.15) is 151 Å². The lowest BCUT2D eigenvalue weighted by atomic mass is 9.97. The van der Waals surface area contributed by atoms with E-state index >= 15 is 0 Å². The SMILES string of the molecule is CC(C)(C)c1nc2ccc(Cl)c(S(=O)(=O)N3CCN4C[C@@H](F)C[C@H]4C3)c2o1.COC(=O)C1C[C@@H](O)CN1C(=O)OC(C)(C)C.COC(=O)C1C[C@H](F)CN1C(=O)OC(C)(C)C.COC(=O)[C@@H]1C[C@H](F)CN1C(=O)CCC(=O)OCc1ccccc1.COC(=O)[C@H]1CC[C@@H](F)C1.F[C@H]1C[C@H]2CNCCN2C1.Nc1ccc(Cl)c(S(=O)(=O)N2CCN3C[C@@H](F)C[C@H]3C2)c1O.O=C1NCC(=O)N2C[C@@H](F)C[C@@H]12. The summed E-state index contributed by atoms with van der Waals surface area (Å²) in [5, 5.41) is 25.2. The number of alkyl halides is 7. The summed E-state index contributed by atoms with van der Waals surface area (Å²) in [6.07, 6.45) is -5.77. The maximum absolute atomic E-state index is 13.7. The molecule has 11 saturated heterocycles. The van der Waals surface area contributed by atoms with Crippen LogP contribution in [0.25, 0.3) is 11.1 Å². The third-order valence-electron chi connectivity index (χ3n) is 24.7. The van der Waals surface area contributed by atoms with Crippen molar-refractivity contribution in [2.75, 3.05) is 145 Å². The van der Waals surface area contributed by atoms with E-state index < -0.39 is 152 Å². The van der Waals surface area contributed by atoms with Crippen molar-refractivity contribution in [3.63, 3.8) is 0 Å². The van der Waals surface area contributed by atoms with Gasteiger partial charge >= 0.3 is 42.0 Å². The molecule has 3 aromatic carbocycles. The predicted molar refractivity (Wildman–Crippen MR) is 493 cm³/mol. The van der Waals surface area contributed by atoms with Crippen molar-refractivity contribution in [2.45, 2.75) is 264 Å². The van der Waals surface area contributed by atoms with Gasteiger partial charge < -0.3 is 74.0 Å². The second-order valence-electron chi connectivity index (χ2n) is 38.6. The third-order valence-corrected chi connectivity index (χ3v) is 29.4. The molecule has 0 bridgehead atoms. The van der Waals surface area contributed by atoms with Crippen LogP contribution in [0.4, 0.5) is 46.0 Å². The molecule has 778 valence electrons. The predicted octanol–water partition coefficient (Wildman–Crippen LogP) is 8.25. The maximum atomic E-state index is 13.7. The standard InChI is InChI=1S/C18H23ClFN3O3S.C17H20FNO5.C13H17ClFN3O3S.C11H18FNO4.C11H19NO5.C7H9FN2O2.C7H13FN2.C7H11FO2/c1-18(2,3)17-21-14-5-4-13(19)16(15(14)26-17)27(24,25)23-7-6-22-9-11(20)8-12(22)10-23;1-23-17(22)14-9-13(18)10-19(14)15(20)7-8-16(21)24-11-12-5-3-2-4-6-12;14-10-1-2-11(16)12(19)13(10)22(20,21)18-4-3-17-6-8(15)5-9(17)7-18;1-11(2,3)17-10(15)13-6-7(12)5-8(13)9(14)16-4;1-11(2,3)17-10(15)12-6-7(13)5-8(12)9(14)16-4;8-4-1-5-7(12)9-2-6(11)10(5)3-4;8-6-3-7-4-9-1-2-10(7)5-6;1-10-7(9)5-2-3-6(8)4-5/h4-5,11-12H,6-10H2,1-3H3;2-6,13-14H,7-11H2,1H3;1-2,8-9,19H,3-7,16H2;7-8H,5-6H2,1-4H3;7-8,13H,5-6H2,1-4H3;4-5H,1-3H2,(H,9,12);6-7,9H,1-5H2;5-6H,2-4H2,1H3/t11-,12-;13-,14-;8-,9-;2*7-,8?;4-,5-;6-,7-;5-,6+/m00001000/s1. The van der Waals surface area contributed by atoms with Gasteiger partial charge in [-0.05, 0) is 110 Å². The summed E-state index contributed by atoms with van der Waals surface area (Å²) in [4.78, 5) is 130. The molecule has 12 aliphatic rings. The number of hydrogen-bond donors (Lipinski definition) is 5. The number of nitrogens with zero attached hydrogens (tertiary/aromatic N) is 10. The summed E-state index contributed by atoms with van der Waals surface area (Å²) in [6.45, 7) is 22.6. The van der Waals surface area contributed by atoms with Gasteiger partial charge in [0.05, 0.1) is 95.3 Å². The van der Waals surface area contributed by atoms with Crippen LogP contribution >= 0.6 is 23.2 Å². The van der Waals surface area contributed by atoms with Crippen molar-refractivity contribution in [2.24, 2.45) is 5.92 Å². The van der Waals surface area contributed by atoms with Gasteiger partial charge in [0.1, 0.15) is 100 Å². The number of amides is 5. The number of aromatic nitrogens is 1. The fourth-order valence-corrected chi connectivity index (χ4v) is 21.9. The second-order valence-corrected chi connectivity index (χ2v) is 43.1. The average molecular weight is 2060 g/mol. The van der Waals surface area contributed by atoms with Gasteiger partial charge in [-0.1, -0.05) is 74.3 Å². The largest absolute Gasteiger partial charge is 0.504 e. The number of aromatic hydroxyl groups is 1. The zero-order chi connectivity index (χ0) is 103. The number of rotatable bonds is 13. The molecule has 5 amide bonds. The van der Waals surface area contributed by atoms with Gasteiger partial charge in [0, 0.05) is 134 Å². The van der Waals surface area contributed by atoms with Crippen molar-refractivity contribution < 1.29 is 143 Å². The molecule has 2 unspecified atom stereocenters. The molecule has 0 radical (unpaired) electrons. The van der Waals surface area contributed by atoms with Crippen molar-refractivity contribution in [3.8, 4) is 5.75 Å². The number of nitrogens with two attached hydrogens (primary N) is 1. The molecule has 1 saturated carbocycles. The number of likely N-dealkylation sites (tertiary alicyclic amines) is 3. The molecule has 16 atom stereocenters. The van der Waals surface area contributed by atoms with E-state index in [1.54, 1.807) is 47.6 Å². The zero-order valence-corrected chi connectivity index (χ0v) is 83.4. The van der Waals surface area contributed by atoms with Gasteiger partial charge in [0.25, 0.3) is 0 Å². The highest BCUT2D eigenvalue weighted by atomic mass is 35.5. The van der Waals surface area contributed by atoms with E-state index in [1.807, 2.05) is 60.9 Å². The molecule has 37 nitrogen and oxygen atoms in total. The number of esters is 5. The molecule has 0 spiro atoms. The number of aliphatic hydroxyl groups is 1. The number of anilines is 1. The number of oxazole rings is 1. The van der Waals surface area contributed by atoms with E-state index in [-0.39, 0.29) is 170 Å². The quantitative estimate of drug-likeness (QED) is 0.0276. The van der Waals surface area contributed by atoms with Gasteiger partial charge in [-0.15, -0.1) is 0 Å². The van der Waals surface area contributed by atoms with E-state index in [4.69, 9.17) is 47.6 Å². The van der Waals surface area contributed by atoms with Crippen LogP contribution in [0.15, 0.2) is 68.8 Å². The molecule has 4 aromatic rings. The topological polar surface area (TPSA) is 449 Å². The fraction of sp³-hybridized carbons (Fsp3) is 0.681. The Bertz CT molecular complexity index is 5050. The minimum atomic E-state index is -3.98. The number of aliphatic hydroxyl groups excluding tert-OH is 1. The number of benzene rings is 3. The highest BCUT2D eigenvalue weighted by Gasteiger charge is 2.49. The summed E-state index contributed by atoms with van der Waals surface area (Å²) in [6, 6.07) is 12.2. The number of phenolic OH excluding ortho intramolecular Hbond substituents is 1. The number of methoxy groups -OCH3 is 4. The first-order chi connectivity index (χ1) is 65.1. The Hall–Kier alpha value is -9.26. The number of hydrogen-bond acceptors (Lipinski definition) is 30. The van der Waals surface area contributed by atoms with Crippen LogP contribution in [0, 0.1) is 5.92 Å². The van der Waals surface area contributed by atoms with Crippen LogP contribution in [0.5, 0.6) is 5.75 Å². The zero-order valence-electron chi connectivity index (χ0n) is 80.3. The van der Waals surface area contributed by atoms with Crippen LogP contribution in [0.2, 0.25) is 10.0 Å². The average Bonchev–Trinajstić information content (AvgIpc) is 1.64. The summed E-state index contributed by atoms with van der Waals surface area (Å²) in [7, 11) is -2.88. The van der Waals surface area contributed by atoms with E-state index in [9.17, 15) is 106 Å². The number of nitrogens with one attached hydrogen (secondary N) is 2. The van der Waals surface area contributed by atoms with Crippen molar-refractivity contribution in [1.82, 2.24) is 58.5 Å². The minimum Gasteiger partial charge on any atom is -0.504 e. The first kappa shape index (κ1) is 113. The Balaban J connectivity index is 0.000000181. The van der Waals surface area contributed by atoms with Crippen molar-refractivity contribution in [1.29, 1.82) is 0 Å². The highest BCUT2D eigenvalue weighted by Crippen LogP contribution is 2.41. The van der Waals surface area contributed by atoms with Gasteiger partial charge in [0.15, 0.2) is 11.3 Å². The Morgan fingerprint density at radius 2 is 1.01 bits per heavy atom.